The molecule has 36 heavy (non-hydrogen) atoms. The number of aliphatic hydroxyl groups excluding tert-OH is 1. The van der Waals surface area contributed by atoms with Crippen molar-refractivity contribution in [3.8, 4) is 0 Å². The lowest BCUT2D eigenvalue weighted by atomic mass is 9.73. The number of ether oxygens (including phenoxy) is 1. The number of hydrogen-bond donors (Lipinski definition) is 1. The summed E-state index contributed by atoms with van der Waals surface area (Å²) in [6.45, 7) is 1.32. The highest BCUT2D eigenvalue weighted by Gasteiger charge is 2.72. The van der Waals surface area contributed by atoms with E-state index in [1.165, 1.54) is 24.0 Å². The van der Waals surface area contributed by atoms with Gasteiger partial charge in [-0.15, -0.1) is 0 Å². The van der Waals surface area contributed by atoms with Crippen LogP contribution in [0.25, 0.3) is 0 Å². The Morgan fingerprint density at radius 2 is 1.47 bits per heavy atom. The van der Waals surface area contributed by atoms with Crippen molar-refractivity contribution in [1.29, 1.82) is 0 Å². The van der Waals surface area contributed by atoms with E-state index in [-0.39, 0.29) is 23.8 Å². The fourth-order valence-electron chi connectivity index (χ4n) is 5.44. The number of amides is 1. The van der Waals surface area contributed by atoms with Gasteiger partial charge in [0.1, 0.15) is 17.9 Å². The van der Waals surface area contributed by atoms with Crippen LogP contribution in [0.5, 0.6) is 0 Å². The van der Waals surface area contributed by atoms with E-state index in [9.17, 15) is 23.1 Å². The molecular weight excluding hydrogens is 480 g/mol. The first kappa shape index (κ1) is 24.2. The van der Waals surface area contributed by atoms with Gasteiger partial charge in [0.2, 0.25) is 10.0 Å². The number of hydrogen-bond acceptors (Lipinski definition) is 6. The number of nitrogens with zero attached hydrogens (tertiary/aromatic N) is 2. The second-order valence-electron chi connectivity index (χ2n) is 9.04. The highest BCUT2D eigenvalue weighted by molar-refractivity contribution is 7.89. The Bertz CT molecular complexity index is 1370. The molecule has 2 aliphatic heterocycles. The minimum absolute atomic E-state index is 0.0346. The van der Waals surface area contributed by atoms with Crippen LogP contribution in [0.1, 0.15) is 35.3 Å². The summed E-state index contributed by atoms with van der Waals surface area (Å²) in [5.74, 6) is -0.884. The van der Waals surface area contributed by atoms with Crippen LogP contribution < -0.4 is 0 Å². The smallest absolute Gasteiger partial charge is 0.302 e. The van der Waals surface area contributed by atoms with Gasteiger partial charge in [-0.2, -0.15) is 4.31 Å². The van der Waals surface area contributed by atoms with Crippen molar-refractivity contribution in [2.24, 2.45) is 0 Å². The fraction of sp³-hybridized carbons (Fsp3) is 0.259. The first-order chi connectivity index (χ1) is 17.3. The van der Waals surface area contributed by atoms with Crippen LogP contribution in [0, 0.1) is 0 Å². The Kier molecular flexibility index (Phi) is 6.15. The first-order valence-electron chi connectivity index (χ1n) is 11.6. The van der Waals surface area contributed by atoms with Crippen LogP contribution in [0.4, 0.5) is 0 Å². The predicted octanol–water partition coefficient (Wildman–Crippen LogP) is 2.97. The fourth-order valence-corrected chi connectivity index (χ4v) is 7.21. The highest BCUT2D eigenvalue weighted by Crippen LogP contribution is 2.58. The Hall–Kier alpha value is -3.53. The van der Waals surface area contributed by atoms with E-state index in [1.807, 2.05) is 6.07 Å². The van der Waals surface area contributed by atoms with E-state index in [1.54, 1.807) is 72.8 Å². The molecule has 0 saturated carbocycles. The van der Waals surface area contributed by atoms with E-state index in [2.05, 4.69) is 0 Å². The van der Waals surface area contributed by atoms with Gasteiger partial charge in [-0.05, 0) is 29.8 Å². The summed E-state index contributed by atoms with van der Waals surface area (Å²) in [7, 11) is -4.13. The summed E-state index contributed by atoms with van der Waals surface area (Å²) in [6, 6.07) is 24.5. The Labute approximate surface area is 209 Å². The zero-order valence-electron chi connectivity index (χ0n) is 19.6. The van der Waals surface area contributed by atoms with E-state index in [0.717, 1.165) is 4.31 Å². The predicted molar refractivity (Wildman–Crippen MR) is 131 cm³/mol. The van der Waals surface area contributed by atoms with Crippen LogP contribution in [0.3, 0.4) is 0 Å². The van der Waals surface area contributed by atoms with Crippen LogP contribution in [-0.4, -0.2) is 59.0 Å². The SMILES string of the molecule is CC(=O)OC1CN(C(=O)c2ccccc2)[C@]2(C1)[C@@H](O)N(S(=O)(=O)c1ccccc1)[C@@H]2c1ccccc1. The summed E-state index contributed by atoms with van der Waals surface area (Å²) in [6.07, 6.45) is -2.16. The zero-order valence-corrected chi connectivity index (χ0v) is 20.4. The molecule has 0 aliphatic carbocycles. The van der Waals surface area contributed by atoms with Crippen molar-refractivity contribution in [3.63, 3.8) is 0 Å². The summed E-state index contributed by atoms with van der Waals surface area (Å²) in [4.78, 5) is 27.1. The largest absolute Gasteiger partial charge is 0.461 e. The van der Waals surface area contributed by atoms with Gasteiger partial charge in [0.25, 0.3) is 5.91 Å². The quantitative estimate of drug-likeness (QED) is 0.534. The molecular formula is C27H26N2O6S. The molecule has 186 valence electrons. The lowest BCUT2D eigenvalue weighted by Crippen LogP contribution is -2.77. The van der Waals surface area contributed by atoms with Crippen molar-refractivity contribution in [1.82, 2.24) is 9.21 Å². The standard InChI is InChI=1S/C27H26N2O6S/c1-19(30)35-22-17-27(28(18-22)25(31)21-13-7-3-8-14-21)24(20-11-5-2-6-12-20)29(26(27)32)36(33,34)23-15-9-4-10-16-23/h2-16,22,24,26,32H,17-18H2,1H3/t22?,24-,26-,27+/m1/s1. The summed E-state index contributed by atoms with van der Waals surface area (Å²) in [5.41, 5.74) is -0.323. The molecule has 2 fully saturated rings. The van der Waals surface area contributed by atoms with Gasteiger partial charge >= 0.3 is 5.97 Å². The average Bonchev–Trinajstić information content (AvgIpc) is 3.28. The van der Waals surface area contributed by atoms with Crippen molar-refractivity contribution < 1.29 is 27.9 Å². The Morgan fingerprint density at radius 1 is 0.917 bits per heavy atom. The molecule has 1 unspecified atom stereocenters. The average molecular weight is 507 g/mol. The lowest BCUT2D eigenvalue weighted by Gasteiger charge is -2.61. The number of carbonyl (C=O) groups is 2. The summed E-state index contributed by atoms with van der Waals surface area (Å²) >= 11 is 0. The zero-order chi connectivity index (χ0) is 25.5. The second kappa shape index (κ2) is 9.16. The number of esters is 1. The van der Waals surface area contributed by atoms with Crippen molar-refractivity contribution in [2.75, 3.05) is 6.54 Å². The number of benzene rings is 3. The normalized spacial score (nSPS) is 25.9. The molecule has 8 nitrogen and oxygen atoms in total. The van der Waals surface area contributed by atoms with E-state index < -0.39 is 39.9 Å². The number of sulfonamides is 1. The summed E-state index contributed by atoms with van der Waals surface area (Å²) < 4.78 is 34.0. The van der Waals surface area contributed by atoms with Gasteiger partial charge < -0.3 is 14.7 Å². The van der Waals surface area contributed by atoms with Crippen molar-refractivity contribution in [2.45, 2.75) is 42.2 Å². The number of likely N-dealkylation sites (tertiary alicyclic amines) is 1. The van der Waals surface area contributed by atoms with Crippen LogP contribution in [-0.2, 0) is 19.6 Å². The first-order valence-corrected chi connectivity index (χ1v) is 13.1. The third-order valence-corrected chi connectivity index (χ3v) is 8.73. The van der Waals surface area contributed by atoms with E-state index in [0.29, 0.717) is 11.1 Å². The maximum Gasteiger partial charge on any atom is 0.302 e. The van der Waals surface area contributed by atoms with Crippen LogP contribution in [0.15, 0.2) is 95.9 Å². The van der Waals surface area contributed by atoms with Gasteiger partial charge in [0.15, 0.2) is 0 Å². The van der Waals surface area contributed by atoms with Gasteiger partial charge in [0, 0.05) is 18.9 Å². The third-order valence-electron chi connectivity index (χ3n) is 6.89. The molecule has 5 rings (SSSR count). The molecule has 1 amide bonds. The Balaban J connectivity index is 1.65. The maximum absolute atomic E-state index is 13.7. The van der Waals surface area contributed by atoms with Gasteiger partial charge in [-0.1, -0.05) is 66.7 Å². The second-order valence-corrected chi connectivity index (χ2v) is 10.9. The topological polar surface area (TPSA) is 104 Å². The molecule has 2 aliphatic rings. The van der Waals surface area contributed by atoms with Crippen molar-refractivity contribution >= 4 is 21.9 Å². The van der Waals surface area contributed by atoms with Crippen molar-refractivity contribution in [3.05, 3.63) is 102 Å². The molecule has 2 heterocycles. The van der Waals surface area contributed by atoms with Crippen LogP contribution in [0.2, 0.25) is 0 Å². The molecule has 9 heteroatoms. The van der Waals surface area contributed by atoms with Gasteiger partial charge in [-0.25, -0.2) is 8.42 Å². The molecule has 1 N–H and O–H groups in total. The molecule has 2 saturated heterocycles. The molecule has 3 aromatic rings. The molecule has 0 radical (unpaired) electrons. The number of rotatable bonds is 5. The van der Waals surface area contributed by atoms with E-state index >= 15 is 0 Å². The molecule has 1 spiro atoms. The van der Waals surface area contributed by atoms with Gasteiger partial charge in [0.05, 0.1) is 17.5 Å². The molecule has 4 atom stereocenters. The van der Waals surface area contributed by atoms with E-state index in [4.69, 9.17) is 4.74 Å². The number of carbonyl (C=O) groups excluding carboxylic acids is 2. The number of aliphatic hydroxyl groups is 1. The minimum Gasteiger partial charge on any atom is -0.461 e. The van der Waals surface area contributed by atoms with Crippen LogP contribution >= 0.6 is 0 Å². The Morgan fingerprint density at radius 3 is 2.06 bits per heavy atom. The molecule has 3 aromatic carbocycles. The minimum atomic E-state index is -4.13. The van der Waals surface area contributed by atoms with Gasteiger partial charge in [-0.3, -0.25) is 9.59 Å². The third kappa shape index (κ3) is 3.80. The molecule has 0 bridgehead atoms. The summed E-state index contributed by atoms with van der Waals surface area (Å²) in [5, 5.41) is 11.6. The highest BCUT2D eigenvalue weighted by atomic mass is 32.2. The molecule has 0 aromatic heterocycles. The lowest BCUT2D eigenvalue weighted by molar-refractivity contribution is -0.188. The monoisotopic (exact) mass is 506 g/mol. The maximum atomic E-state index is 13.7.